The Morgan fingerprint density at radius 3 is 2.96 bits per heavy atom. The van der Waals surface area contributed by atoms with Gasteiger partial charge in [0.05, 0.1) is 19.7 Å². The van der Waals surface area contributed by atoms with Crippen LogP contribution in [0.2, 0.25) is 0 Å². The van der Waals surface area contributed by atoms with Gasteiger partial charge < -0.3 is 10.1 Å². The van der Waals surface area contributed by atoms with Crippen LogP contribution in [-0.2, 0) is 20.7 Å². The molecule has 2 aromatic rings. The molecule has 3 heterocycles. The molecule has 0 spiro atoms. The van der Waals surface area contributed by atoms with Crippen LogP contribution in [0.25, 0.3) is 0 Å². The molecule has 0 unspecified atom stereocenters. The average Bonchev–Trinajstić information content (AvgIpc) is 3.29. The van der Waals surface area contributed by atoms with E-state index in [9.17, 15) is 9.59 Å². The van der Waals surface area contributed by atoms with Crippen LogP contribution in [0.3, 0.4) is 0 Å². The first-order valence-electron chi connectivity index (χ1n) is 8.36. The summed E-state index contributed by atoms with van der Waals surface area (Å²) in [5.41, 5.74) is 1.33. The summed E-state index contributed by atoms with van der Waals surface area (Å²) in [7, 11) is 1.38. The molecule has 0 saturated heterocycles. The minimum Gasteiger partial charge on any atom is -0.469 e. The smallest absolute Gasteiger partial charge is 0.305 e. The highest BCUT2D eigenvalue weighted by Crippen LogP contribution is 2.39. The van der Waals surface area contributed by atoms with Crippen molar-refractivity contribution in [1.82, 2.24) is 10.2 Å². The molecule has 25 heavy (non-hydrogen) atoms. The molecule has 1 amide bonds. The highest BCUT2D eigenvalue weighted by atomic mass is 32.1. The topological polar surface area (TPSA) is 58.6 Å². The standard InChI is InChI=1S/C18H22N2O3S2/c1-23-17(22)5-2-8-19-16(21)12-20-9-6-14-13(7-11-25-14)18(20)15-4-3-10-24-15/h3-4,7,10-11,18H,2,5-6,8-9,12H2,1H3,(H,19,21)/t18-/m0/s1. The SMILES string of the molecule is COC(=O)CCCNC(=O)CN1CCc2sccc2[C@H]1c1cccs1. The summed E-state index contributed by atoms with van der Waals surface area (Å²) < 4.78 is 4.60. The van der Waals surface area contributed by atoms with E-state index in [-0.39, 0.29) is 17.9 Å². The van der Waals surface area contributed by atoms with Gasteiger partial charge in [-0.25, -0.2) is 0 Å². The highest BCUT2D eigenvalue weighted by molar-refractivity contribution is 7.10. The number of hydrogen-bond donors (Lipinski definition) is 1. The lowest BCUT2D eigenvalue weighted by molar-refractivity contribution is -0.140. The van der Waals surface area contributed by atoms with Gasteiger partial charge >= 0.3 is 5.97 Å². The number of nitrogens with one attached hydrogen (secondary N) is 1. The lowest BCUT2D eigenvalue weighted by Gasteiger charge is -2.34. The Morgan fingerprint density at radius 1 is 1.32 bits per heavy atom. The summed E-state index contributed by atoms with van der Waals surface area (Å²) in [6.07, 6.45) is 1.92. The molecule has 2 aromatic heterocycles. The van der Waals surface area contributed by atoms with Crippen molar-refractivity contribution in [1.29, 1.82) is 0 Å². The molecular formula is C18H22N2O3S2. The van der Waals surface area contributed by atoms with Gasteiger partial charge in [0.15, 0.2) is 0 Å². The molecule has 0 saturated carbocycles. The van der Waals surface area contributed by atoms with Crippen molar-refractivity contribution in [3.05, 3.63) is 44.3 Å². The zero-order valence-electron chi connectivity index (χ0n) is 14.2. The van der Waals surface area contributed by atoms with Gasteiger partial charge in [-0.3, -0.25) is 14.5 Å². The number of amides is 1. The van der Waals surface area contributed by atoms with E-state index in [0.717, 1.165) is 13.0 Å². The largest absolute Gasteiger partial charge is 0.469 e. The van der Waals surface area contributed by atoms with Crippen LogP contribution < -0.4 is 5.32 Å². The molecule has 0 aromatic carbocycles. The second kappa shape index (κ2) is 8.60. The van der Waals surface area contributed by atoms with Crippen molar-refractivity contribution in [3.63, 3.8) is 0 Å². The van der Waals surface area contributed by atoms with E-state index < -0.39 is 0 Å². The van der Waals surface area contributed by atoms with E-state index in [1.165, 1.54) is 22.4 Å². The van der Waals surface area contributed by atoms with Gasteiger partial charge in [0.25, 0.3) is 0 Å². The molecule has 0 fully saturated rings. The van der Waals surface area contributed by atoms with E-state index in [1.807, 2.05) is 0 Å². The van der Waals surface area contributed by atoms with Gasteiger partial charge in [0, 0.05) is 29.3 Å². The van der Waals surface area contributed by atoms with Gasteiger partial charge in [-0.15, -0.1) is 22.7 Å². The first kappa shape index (κ1) is 18.1. The lowest BCUT2D eigenvalue weighted by Crippen LogP contribution is -2.42. The van der Waals surface area contributed by atoms with Crippen LogP contribution in [-0.4, -0.2) is 43.5 Å². The van der Waals surface area contributed by atoms with Crippen LogP contribution in [0.15, 0.2) is 29.0 Å². The number of ether oxygens (including phenoxy) is 1. The minimum absolute atomic E-state index is 0.00472. The lowest BCUT2D eigenvalue weighted by atomic mass is 9.98. The summed E-state index contributed by atoms with van der Waals surface area (Å²) in [5.74, 6) is -0.238. The predicted octanol–water partition coefficient (Wildman–Crippen LogP) is 2.83. The van der Waals surface area contributed by atoms with Crippen LogP contribution in [0, 0.1) is 0 Å². The number of carbonyl (C=O) groups excluding carboxylic acids is 2. The molecule has 0 aliphatic carbocycles. The Hall–Kier alpha value is -1.70. The van der Waals surface area contributed by atoms with E-state index >= 15 is 0 Å². The highest BCUT2D eigenvalue weighted by Gasteiger charge is 2.31. The van der Waals surface area contributed by atoms with Crippen molar-refractivity contribution in [3.8, 4) is 0 Å². The molecule has 0 radical (unpaired) electrons. The van der Waals surface area contributed by atoms with Crippen molar-refractivity contribution in [2.75, 3.05) is 26.7 Å². The summed E-state index contributed by atoms with van der Waals surface area (Å²) in [6, 6.07) is 6.55. The zero-order valence-corrected chi connectivity index (χ0v) is 15.8. The van der Waals surface area contributed by atoms with Gasteiger partial charge in [-0.05, 0) is 41.3 Å². The van der Waals surface area contributed by atoms with E-state index in [0.29, 0.717) is 25.9 Å². The third-order valence-electron chi connectivity index (χ3n) is 4.33. The van der Waals surface area contributed by atoms with E-state index in [4.69, 9.17) is 0 Å². The van der Waals surface area contributed by atoms with Gasteiger partial charge in [-0.2, -0.15) is 0 Å². The van der Waals surface area contributed by atoms with Crippen LogP contribution in [0.4, 0.5) is 0 Å². The summed E-state index contributed by atoms with van der Waals surface area (Å²) in [4.78, 5) is 28.4. The first-order chi connectivity index (χ1) is 12.2. The van der Waals surface area contributed by atoms with Gasteiger partial charge in [-0.1, -0.05) is 6.07 Å². The van der Waals surface area contributed by atoms with Crippen molar-refractivity contribution >= 4 is 34.6 Å². The fourth-order valence-corrected chi connectivity index (χ4v) is 4.90. The molecular weight excluding hydrogens is 356 g/mol. The van der Waals surface area contributed by atoms with Crippen LogP contribution in [0.5, 0.6) is 0 Å². The molecule has 5 nitrogen and oxygen atoms in total. The Labute approximate surface area is 155 Å². The second-order valence-corrected chi connectivity index (χ2v) is 7.95. The van der Waals surface area contributed by atoms with Crippen molar-refractivity contribution in [2.45, 2.75) is 25.3 Å². The van der Waals surface area contributed by atoms with Crippen molar-refractivity contribution in [2.24, 2.45) is 0 Å². The molecule has 1 aliphatic heterocycles. The normalized spacial score (nSPS) is 17.1. The number of rotatable bonds is 7. The van der Waals surface area contributed by atoms with Crippen LogP contribution in [0.1, 0.15) is 34.2 Å². The predicted molar refractivity (Wildman–Crippen MR) is 100 cm³/mol. The summed E-state index contributed by atoms with van der Waals surface area (Å²) >= 11 is 3.54. The summed E-state index contributed by atoms with van der Waals surface area (Å²) in [5, 5.41) is 7.14. The monoisotopic (exact) mass is 378 g/mol. The third-order valence-corrected chi connectivity index (χ3v) is 6.25. The third kappa shape index (κ3) is 4.48. The number of nitrogens with zero attached hydrogens (tertiary/aromatic N) is 1. The Morgan fingerprint density at radius 2 is 2.20 bits per heavy atom. The number of methoxy groups -OCH3 is 1. The zero-order chi connectivity index (χ0) is 17.6. The molecule has 7 heteroatoms. The number of esters is 1. The maximum atomic E-state index is 12.3. The maximum Gasteiger partial charge on any atom is 0.305 e. The number of fused-ring (bicyclic) bond motifs is 1. The molecule has 1 aliphatic rings. The Bertz CT molecular complexity index is 712. The van der Waals surface area contributed by atoms with E-state index in [2.05, 4.69) is 43.9 Å². The van der Waals surface area contributed by atoms with Gasteiger partial charge in [0.2, 0.25) is 5.91 Å². The second-order valence-electron chi connectivity index (χ2n) is 5.97. The quantitative estimate of drug-likeness (QED) is 0.595. The van der Waals surface area contributed by atoms with Crippen LogP contribution >= 0.6 is 22.7 Å². The molecule has 134 valence electrons. The van der Waals surface area contributed by atoms with Gasteiger partial charge in [0.1, 0.15) is 0 Å². The number of carbonyl (C=O) groups is 2. The fourth-order valence-electron chi connectivity index (χ4n) is 3.12. The molecule has 3 rings (SSSR count). The number of hydrogen-bond acceptors (Lipinski definition) is 6. The molecule has 0 bridgehead atoms. The summed E-state index contributed by atoms with van der Waals surface area (Å²) in [6.45, 7) is 1.75. The fraction of sp³-hybridized carbons (Fsp3) is 0.444. The first-order valence-corrected chi connectivity index (χ1v) is 10.1. The molecule has 1 N–H and O–H groups in total. The van der Waals surface area contributed by atoms with Crippen molar-refractivity contribution < 1.29 is 14.3 Å². The maximum absolute atomic E-state index is 12.3. The Kier molecular flexibility index (Phi) is 6.23. The number of thiophene rings is 2. The molecule has 1 atom stereocenters. The average molecular weight is 379 g/mol. The Balaban J connectivity index is 1.59. The van der Waals surface area contributed by atoms with E-state index in [1.54, 1.807) is 22.7 Å². The minimum atomic E-state index is -0.243.